The Morgan fingerprint density at radius 1 is 1.33 bits per heavy atom. The van der Waals surface area contributed by atoms with Crippen LogP contribution in [0.25, 0.3) is 0 Å². The number of sulfonamides is 1. The van der Waals surface area contributed by atoms with Crippen LogP contribution in [0, 0.1) is 5.82 Å². The van der Waals surface area contributed by atoms with Crippen molar-refractivity contribution in [1.29, 1.82) is 0 Å². The average Bonchev–Trinajstić information content (AvgIpc) is 3.17. The first kappa shape index (κ1) is 23.0. The van der Waals surface area contributed by atoms with Crippen molar-refractivity contribution in [3.8, 4) is 0 Å². The van der Waals surface area contributed by atoms with Crippen molar-refractivity contribution in [3.63, 3.8) is 0 Å². The lowest BCUT2D eigenvalue weighted by Crippen LogP contribution is -2.35. The van der Waals surface area contributed by atoms with E-state index in [4.69, 9.17) is 16.3 Å². The van der Waals surface area contributed by atoms with Crippen LogP contribution in [-0.2, 0) is 34.3 Å². The number of pyridine rings is 1. The molecule has 13 heteroatoms. The zero-order valence-corrected chi connectivity index (χ0v) is 19.0. The number of aromatic amines is 1. The molecule has 0 bridgehead atoms. The van der Waals surface area contributed by atoms with Crippen LogP contribution in [-0.4, -0.2) is 42.5 Å². The van der Waals surface area contributed by atoms with Gasteiger partial charge >= 0.3 is 6.03 Å². The van der Waals surface area contributed by atoms with Crippen molar-refractivity contribution in [2.45, 2.75) is 19.6 Å². The largest absolute Gasteiger partial charge is 0.375 e. The second-order valence-corrected chi connectivity index (χ2v) is 9.51. The molecule has 0 spiro atoms. The third-order valence-electron chi connectivity index (χ3n) is 4.85. The monoisotopic (exact) mass is 494 g/mol. The third-order valence-corrected chi connectivity index (χ3v) is 5.72. The van der Waals surface area contributed by atoms with Crippen LogP contribution in [0.15, 0.2) is 36.5 Å². The van der Waals surface area contributed by atoms with Crippen LogP contribution >= 0.6 is 11.6 Å². The first-order valence-electron chi connectivity index (χ1n) is 9.80. The number of nitrogens with one attached hydrogen (secondary N) is 3. The minimum atomic E-state index is -3.50. The number of anilines is 3. The van der Waals surface area contributed by atoms with Gasteiger partial charge in [-0.05, 0) is 36.8 Å². The van der Waals surface area contributed by atoms with Gasteiger partial charge < -0.3 is 10.1 Å². The second-order valence-electron chi connectivity index (χ2n) is 7.35. The molecular weight excluding hydrogens is 475 g/mol. The van der Waals surface area contributed by atoms with Gasteiger partial charge in [0.15, 0.2) is 0 Å². The van der Waals surface area contributed by atoms with E-state index in [1.54, 1.807) is 6.07 Å². The average molecular weight is 495 g/mol. The Morgan fingerprint density at radius 3 is 2.85 bits per heavy atom. The van der Waals surface area contributed by atoms with Gasteiger partial charge in [0.1, 0.15) is 11.6 Å². The quantitative estimate of drug-likeness (QED) is 0.482. The number of rotatable bonds is 6. The Balaban J connectivity index is 1.63. The van der Waals surface area contributed by atoms with Gasteiger partial charge in [-0.1, -0.05) is 11.6 Å². The van der Waals surface area contributed by atoms with Gasteiger partial charge in [0.2, 0.25) is 10.0 Å². The summed E-state index contributed by atoms with van der Waals surface area (Å²) in [7, 11) is -3.50. The highest BCUT2D eigenvalue weighted by Crippen LogP contribution is 2.25. The van der Waals surface area contributed by atoms with E-state index in [9.17, 15) is 17.6 Å². The number of carbonyl (C=O) groups is 1. The molecule has 2 amide bonds. The van der Waals surface area contributed by atoms with Gasteiger partial charge in [0, 0.05) is 11.3 Å². The molecule has 0 radical (unpaired) electrons. The lowest BCUT2D eigenvalue weighted by molar-refractivity contribution is 0.108. The number of hydrogen-bond acceptors (Lipinski definition) is 6. The molecule has 4 rings (SSSR count). The molecule has 33 heavy (non-hydrogen) atoms. The zero-order chi connectivity index (χ0) is 23.6. The smallest absolute Gasteiger partial charge is 0.326 e. The molecule has 174 valence electrons. The molecule has 3 N–H and O–H groups in total. The van der Waals surface area contributed by atoms with Crippen molar-refractivity contribution >= 4 is 44.8 Å². The summed E-state index contributed by atoms with van der Waals surface area (Å²) < 4.78 is 44.1. The first-order valence-corrected chi connectivity index (χ1v) is 12.1. The molecule has 1 aromatic carbocycles. The molecule has 0 unspecified atom stereocenters. The number of hydrogen-bond donors (Lipinski definition) is 3. The molecule has 0 saturated heterocycles. The maximum Gasteiger partial charge on any atom is 0.326 e. The number of halogens is 2. The fourth-order valence-electron chi connectivity index (χ4n) is 3.33. The first-order chi connectivity index (χ1) is 15.7. The number of ether oxygens (including phenoxy) is 1. The van der Waals surface area contributed by atoms with Crippen LogP contribution in [0.2, 0.25) is 5.02 Å². The van der Waals surface area contributed by atoms with E-state index < -0.39 is 21.9 Å². The predicted molar refractivity (Wildman–Crippen MR) is 121 cm³/mol. The summed E-state index contributed by atoms with van der Waals surface area (Å²) in [5, 5.41) is 9.83. The number of nitrogens with zero attached hydrogens (tertiary/aromatic N) is 3. The number of fused-ring (bicyclic) bond motifs is 1. The predicted octanol–water partition coefficient (Wildman–Crippen LogP) is 3.28. The van der Waals surface area contributed by atoms with Gasteiger partial charge in [-0.3, -0.25) is 14.7 Å². The zero-order valence-electron chi connectivity index (χ0n) is 17.4. The number of H-pyrrole nitrogens is 1. The summed E-state index contributed by atoms with van der Waals surface area (Å²) >= 11 is 5.83. The van der Waals surface area contributed by atoms with Crippen molar-refractivity contribution in [2.75, 3.05) is 27.8 Å². The Kier molecular flexibility index (Phi) is 6.49. The molecule has 0 fully saturated rings. The molecule has 1 aliphatic rings. The molecule has 0 saturated carbocycles. The molecule has 2 aromatic heterocycles. The minimum absolute atomic E-state index is 0.104. The summed E-state index contributed by atoms with van der Waals surface area (Å²) in [5.41, 5.74) is 3.19. The molecule has 10 nitrogen and oxygen atoms in total. The molecule has 0 aliphatic carbocycles. The molecule has 1 aliphatic heterocycles. The number of amides is 2. The SMILES string of the molecule is CS(=O)(=O)Nc1ccc(N(Cc2n[nH]c3c2CCOC3)C(=O)Nc2ccc(F)c(Cl)c2)cn1. The summed E-state index contributed by atoms with van der Waals surface area (Å²) in [6.45, 7) is 1.07. The Labute approximate surface area is 194 Å². The van der Waals surface area contributed by atoms with Crippen molar-refractivity contribution < 1.29 is 22.3 Å². The Bertz CT molecular complexity index is 1280. The van der Waals surface area contributed by atoms with E-state index in [0.29, 0.717) is 36.7 Å². The van der Waals surface area contributed by atoms with Gasteiger partial charge in [0.05, 0.1) is 54.3 Å². The van der Waals surface area contributed by atoms with E-state index in [1.165, 1.54) is 29.3 Å². The fourth-order valence-corrected chi connectivity index (χ4v) is 4.01. The number of carbonyl (C=O) groups excluding carboxylic acids is 1. The number of benzene rings is 1. The van der Waals surface area contributed by atoms with Crippen molar-refractivity contribution in [1.82, 2.24) is 15.2 Å². The standard InChI is InChI=1S/C20H20ClFN6O4S/c1-33(30,31)27-19-5-3-13(9-23-19)28(10-17-14-6-7-32-11-18(14)26-25-17)20(29)24-12-2-4-16(22)15(21)8-12/h2-5,8-9H,6-7,10-11H2,1H3,(H,23,27)(H,24,29)(H,25,26). The van der Waals surface area contributed by atoms with E-state index in [-0.39, 0.29) is 17.4 Å². The summed E-state index contributed by atoms with van der Waals surface area (Å²) in [5.74, 6) is -0.490. The highest BCUT2D eigenvalue weighted by Gasteiger charge is 2.23. The van der Waals surface area contributed by atoms with Gasteiger partial charge in [-0.2, -0.15) is 5.10 Å². The topological polar surface area (TPSA) is 129 Å². The van der Waals surface area contributed by atoms with E-state index >= 15 is 0 Å². The normalized spacial score (nSPS) is 13.3. The fraction of sp³-hybridized carbons (Fsp3) is 0.250. The molecule has 0 atom stereocenters. The van der Waals surface area contributed by atoms with Crippen LogP contribution in [0.1, 0.15) is 17.0 Å². The third kappa shape index (κ3) is 5.59. The van der Waals surface area contributed by atoms with E-state index in [1.807, 2.05) is 0 Å². The Morgan fingerprint density at radius 2 is 2.15 bits per heavy atom. The maximum absolute atomic E-state index is 13.5. The second kappa shape index (κ2) is 9.33. The molecular formula is C20H20ClFN6O4S. The number of aromatic nitrogens is 3. The van der Waals surface area contributed by atoms with Crippen LogP contribution in [0.4, 0.5) is 26.4 Å². The van der Waals surface area contributed by atoms with Gasteiger partial charge in [-0.15, -0.1) is 0 Å². The highest BCUT2D eigenvalue weighted by atomic mass is 35.5. The summed E-state index contributed by atoms with van der Waals surface area (Å²) in [6.07, 6.45) is 3.03. The highest BCUT2D eigenvalue weighted by molar-refractivity contribution is 7.92. The van der Waals surface area contributed by atoms with Crippen LogP contribution in [0.3, 0.4) is 0 Å². The molecule has 3 aromatic rings. The number of urea groups is 1. The maximum atomic E-state index is 13.5. The van der Waals surface area contributed by atoms with Gasteiger partial charge in [-0.25, -0.2) is 22.6 Å². The van der Waals surface area contributed by atoms with Crippen molar-refractivity contribution in [2.24, 2.45) is 0 Å². The van der Waals surface area contributed by atoms with Crippen LogP contribution in [0.5, 0.6) is 0 Å². The summed E-state index contributed by atoms with van der Waals surface area (Å²) in [6, 6.07) is 6.31. The molecule has 3 heterocycles. The van der Waals surface area contributed by atoms with E-state index in [0.717, 1.165) is 23.6 Å². The Hall–Kier alpha value is -3.22. The summed E-state index contributed by atoms with van der Waals surface area (Å²) in [4.78, 5) is 18.7. The van der Waals surface area contributed by atoms with E-state index in [2.05, 4.69) is 25.2 Å². The van der Waals surface area contributed by atoms with Gasteiger partial charge in [0.25, 0.3) is 0 Å². The minimum Gasteiger partial charge on any atom is -0.375 e. The lowest BCUT2D eigenvalue weighted by Gasteiger charge is -2.23. The van der Waals surface area contributed by atoms with Crippen LogP contribution < -0.4 is 14.9 Å². The lowest BCUT2D eigenvalue weighted by atomic mass is 10.1. The van der Waals surface area contributed by atoms with Crippen molar-refractivity contribution in [3.05, 3.63) is 64.3 Å².